The average molecular weight is 261 g/mol. The topological polar surface area (TPSA) is 85.2 Å². The Bertz CT molecular complexity index is 532. The number of hydrogen-bond acceptors (Lipinski definition) is 5. The molecule has 1 heterocycles. The number of rotatable bonds is 5. The van der Waals surface area contributed by atoms with Crippen molar-refractivity contribution in [2.45, 2.75) is 38.6 Å². The summed E-state index contributed by atoms with van der Waals surface area (Å²) in [6, 6.07) is 6.94. The molecular formula is C14H19N3O2. The summed E-state index contributed by atoms with van der Waals surface area (Å²) in [5.41, 5.74) is 6.58. The van der Waals surface area contributed by atoms with Crippen molar-refractivity contribution in [1.29, 1.82) is 0 Å². The third-order valence-electron chi connectivity index (χ3n) is 3.02. The minimum atomic E-state index is -0.574. The molecular weight excluding hydrogens is 242 g/mol. The predicted octanol–water partition coefficient (Wildman–Crippen LogP) is 2.34. The van der Waals surface area contributed by atoms with Gasteiger partial charge in [-0.3, -0.25) is 0 Å². The molecule has 1 aromatic heterocycles. The van der Waals surface area contributed by atoms with Crippen molar-refractivity contribution in [3.8, 4) is 5.75 Å². The number of nitrogens with two attached hydrogens (primary N) is 1. The second-order valence-electron chi connectivity index (χ2n) is 5.03. The van der Waals surface area contributed by atoms with Crippen molar-refractivity contribution in [3.05, 3.63) is 41.5 Å². The zero-order valence-electron chi connectivity index (χ0n) is 11.3. The fourth-order valence-electron chi connectivity index (χ4n) is 1.98. The SMILES string of the molecule is CCCC(C)(N)c1nc(Cc2ccc(O)cc2)no1. The Morgan fingerprint density at radius 2 is 2.00 bits per heavy atom. The molecule has 0 bridgehead atoms. The van der Waals surface area contributed by atoms with Gasteiger partial charge in [-0.05, 0) is 31.0 Å². The van der Waals surface area contributed by atoms with Gasteiger partial charge in [0.05, 0.1) is 5.54 Å². The van der Waals surface area contributed by atoms with E-state index in [9.17, 15) is 5.11 Å². The summed E-state index contributed by atoms with van der Waals surface area (Å²) in [5, 5.41) is 13.2. The molecule has 0 aliphatic carbocycles. The van der Waals surface area contributed by atoms with Crippen LogP contribution in [-0.2, 0) is 12.0 Å². The standard InChI is InChI=1S/C14H19N3O2/c1-3-8-14(2,15)13-16-12(17-19-13)9-10-4-6-11(18)7-5-10/h4-7,18H,3,8-9,15H2,1-2H3. The second-order valence-corrected chi connectivity index (χ2v) is 5.03. The van der Waals surface area contributed by atoms with E-state index in [-0.39, 0.29) is 5.75 Å². The molecule has 2 rings (SSSR count). The molecule has 0 radical (unpaired) electrons. The van der Waals surface area contributed by atoms with Gasteiger partial charge in [-0.2, -0.15) is 4.98 Å². The van der Waals surface area contributed by atoms with Crippen LogP contribution in [0.1, 0.15) is 44.0 Å². The quantitative estimate of drug-likeness (QED) is 0.862. The van der Waals surface area contributed by atoms with Crippen molar-refractivity contribution < 1.29 is 9.63 Å². The minimum Gasteiger partial charge on any atom is -0.508 e. The van der Waals surface area contributed by atoms with E-state index in [1.165, 1.54) is 0 Å². The highest BCUT2D eigenvalue weighted by atomic mass is 16.5. The van der Waals surface area contributed by atoms with Gasteiger partial charge in [0.1, 0.15) is 5.75 Å². The Morgan fingerprint density at radius 1 is 1.32 bits per heavy atom. The molecule has 1 aromatic carbocycles. The van der Waals surface area contributed by atoms with Crippen LogP contribution in [0.4, 0.5) is 0 Å². The average Bonchev–Trinajstić information content (AvgIpc) is 2.81. The van der Waals surface area contributed by atoms with Crippen molar-refractivity contribution in [1.82, 2.24) is 10.1 Å². The molecule has 0 aliphatic heterocycles. The van der Waals surface area contributed by atoms with Crippen LogP contribution in [0.3, 0.4) is 0 Å². The Kier molecular flexibility index (Phi) is 3.85. The molecule has 0 saturated carbocycles. The summed E-state index contributed by atoms with van der Waals surface area (Å²) in [4.78, 5) is 4.35. The number of phenols is 1. The van der Waals surface area contributed by atoms with Crippen LogP contribution in [-0.4, -0.2) is 15.2 Å². The first-order chi connectivity index (χ1) is 9.01. The fraction of sp³-hybridized carbons (Fsp3) is 0.429. The van der Waals surface area contributed by atoms with Crippen molar-refractivity contribution in [2.24, 2.45) is 5.73 Å². The minimum absolute atomic E-state index is 0.245. The molecule has 19 heavy (non-hydrogen) atoms. The Morgan fingerprint density at radius 3 is 2.63 bits per heavy atom. The zero-order chi connectivity index (χ0) is 13.9. The highest BCUT2D eigenvalue weighted by molar-refractivity contribution is 5.27. The lowest BCUT2D eigenvalue weighted by molar-refractivity contribution is 0.282. The fourth-order valence-corrected chi connectivity index (χ4v) is 1.98. The summed E-state index contributed by atoms with van der Waals surface area (Å²) < 4.78 is 5.24. The van der Waals surface area contributed by atoms with Crippen molar-refractivity contribution in [2.75, 3.05) is 0 Å². The lowest BCUT2D eigenvalue weighted by Gasteiger charge is -2.18. The summed E-state index contributed by atoms with van der Waals surface area (Å²) in [7, 11) is 0. The molecule has 2 aromatic rings. The maximum Gasteiger partial charge on any atom is 0.246 e. The molecule has 1 atom stereocenters. The van der Waals surface area contributed by atoms with Gasteiger partial charge in [-0.25, -0.2) is 0 Å². The van der Waals surface area contributed by atoms with Gasteiger partial charge in [-0.15, -0.1) is 0 Å². The monoisotopic (exact) mass is 261 g/mol. The Hall–Kier alpha value is -1.88. The van der Waals surface area contributed by atoms with Gasteiger partial charge >= 0.3 is 0 Å². The number of phenolic OH excluding ortho intramolecular Hbond substituents is 1. The van der Waals surface area contributed by atoms with Gasteiger partial charge in [0.15, 0.2) is 5.82 Å². The molecule has 5 nitrogen and oxygen atoms in total. The third-order valence-corrected chi connectivity index (χ3v) is 3.02. The number of aromatic nitrogens is 2. The summed E-state index contributed by atoms with van der Waals surface area (Å²) >= 11 is 0. The van der Waals surface area contributed by atoms with Crippen LogP contribution < -0.4 is 5.73 Å². The third kappa shape index (κ3) is 3.32. The smallest absolute Gasteiger partial charge is 0.246 e. The molecule has 102 valence electrons. The number of benzene rings is 1. The van der Waals surface area contributed by atoms with E-state index >= 15 is 0 Å². The molecule has 0 fully saturated rings. The maximum absolute atomic E-state index is 9.23. The first-order valence-electron chi connectivity index (χ1n) is 6.41. The normalized spacial score (nSPS) is 14.3. The molecule has 0 aliphatic rings. The molecule has 0 spiro atoms. The van der Waals surface area contributed by atoms with Crippen LogP contribution in [0.25, 0.3) is 0 Å². The molecule has 0 saturated heterocycles. The van der Waals surface area contributed by atoms with Crippen LogP contribution >= 0.6 is 0 Å². The van der Waals surface area contributed by atoms with Crippen LogP contribution in [0.15, 0.2) is 28.8 Å². The Balaban J connectivity index is 2.11. The maximum atomic E-state index is 9.23. The largest absolute Gasteiger partial charge is 0.508 e. The van der Waals surface area contributed by atoms with Crippen LogP contribution in [0, 0.1) is 0 Å². The lowest BCUT2D eigenvalue weighted by Crippen LogP contribution is -2.33. The first-order valence-corrected chi connectivity index (χ1v) is 6.41. The van der Waals surface area contributed by atoms with Gasteiger partial charge < -0.3 is 15.4 Å². The van der Waals surface area contributed by atoms with Gasteiger partial charge in [-0.1, -0.05) is 30.6 Å². The van der Waals surface area contributed by atoms with Crippen LogP contribution in [0.2, 0.25) is 0 Å². The predicted molar refractivity (Wildman–Crippen MR) is 71.7 cm³/mol. The molecule has 5 heteroatoms. The van der Waals surface area contributed by atoms with E-state index in [2.05, 4.69) is 17.1 Å². The van der Waals surface area contributed by atoms with E-state index in [1.807, 2.05) is 19.1 Å². The second kappa shape index (κ2) is 5.40. The van der Waals surface area contributed by atoms with E-state index in [0.717, 1.165) is 18.4 Å². The van der Waals surface area contributed by atoms with Crippen LogP contribution in [0.5, 0.6) is 5.75 Å². The van der Waals surface area contributed by atoms with Gasteiger partial charge in [0.2, 0.25) is 5.89 Å². The highest BCUT2D eigenvalue weighted by Gasteiger charge is 2.27. The number of hydrogen-bond donors (Lipinski definition) is 2. The van der Waals surface area contributed by atoms with Gasteiger partial charge in [0.25, 0.3) is 0 Å². The summed E-state index contributed by atoms with van der Waals surface area (Å²) in [6.45, 7) is 3.97. The van der Waals surface area contributed by atoms with Crippen molar-refractivity contribution >= 4 is 0 Å². The summed E-state index contributed by atoms with van der Waals surface area (Å²) in [5.74, 6) is 1.33. The van der Waals surface area contributed by atoms with Gasteiger partial charge in [0, 0.05) is 6.42 Å². The number of nitrogens with zero attached hydrogens (tertiary/aromatic N) is 2. The zero-order valence-corrected chi connectivity index (χ0v) is 11.3. The first kappa shape index (κ1) is 13.5. The lowest BCUT2D eigenvalue weighted by atomic mass is 9.98. The highest BCUT2D eigenvalue weighted by Crippen LogP contribution is 2.22. The van der Waals surface area contributed by atoms with E-state index in [4.69, 9.17) is 10.3 Å². The van der Waals surface area contributed by atoms with E-state index in [0.29, 0.717) is 18.1 Å². The van der Waals surface area contributed by atoms with E-state index < -0.39 is 5.54 Å². The Labute approximate surface area is 112 Å². The summed E-state index contributed by atoms with van der Waals surface area (Å²) in [6.07, 6.45) is 2.32. The molecule has 3 N–H and O–H groups in total. The number of aromatic hydroxyl groups is 1. The molecule has 0 amide bonds. The van der Waals surface area contributed by atoms with E-state index in [1.54, 1.807) is 12.1 Å². The molecule has 1 unspecified atom stereocenters. The van der Waals surface area contributed by atoms with Crippen molar-refractivity contribution in [3.63, 3.8) is 0 Å².